The predicted molar refractivity (Wildman–Crippen MR) is 91.4 cm³/mol. The van der Waals surface area contributed by atoms with Crippen molar-refractivity contribution in [3.8, 4) is 0 Å². The van der Waals surface area contributed by atoms with Gasteiger partial charge in [-0.2, -0.15) is 0 Å². The normalized spacial score (nSPS) is 18.3. The Balaban J connectivity index is 1.74. The van der Waals surface area contributed by atoms with E-state index in [9.17, 15) is 8.42 Å². The van der Waals surface area contributed by atoms with Crippen LogP contribution in [0.5, 0.6) is 0 Å². The molecule has 0 aliphatic carbocycles. The number of aromatic nitrogens is 1. The average Bonchev–Trinajstić information content (AvgIpc) is 2.98. The minimum atomic E-state index is -3.63. The number of hydrogen-bond donors (Lipinski definition) is 1. The number of aryl methyl sites for hydroxylation is 1. The highest BCUT2D eigenvalue weighted by Crippen LogP contribution is 2.26. The number of nitrogens with zero attached hydrogens (tertiary/aromatic N) is 2. The maximum Gasteiger partial charge on any atom is 0.242 e. The van der Waals surface area contributed by atoms with Crippen LogP contribution in [-0.2, 0) is 10.0 Å². The molecule has 1 atom stereocenters. The van der Waals surface area contributed by atoms with Crippen LogP contribution < -0.4 is 9.62 Å². The van der Waals surface area contributed by atoms with E-state index in [-0.39, 0.29) is 16.0 Å². The van der Waals surface area contributed by atoms with Gasteiger partial charge < -0.3 is 4.90 Å². The molecule has 7 heteroatoms. The first-order valence-electron chi connectivity index (χ1n) is 7.41. The molecule has 1 aromatic carbocycles. The first-order chi connectivity index (χ1) is 11.0. The SMILES string of the molecule is Cc1cccc(S(=O)(=O)N[C@H]2CCN(c3ccccn3)C2)c1Cl. The number of hydrogen-bond acceptors (Lipinski definition) is 4. The lowest BCUT2D eigenvalue weighted by atomic mass is 10.2. The highest BCUT2D eigenvalue weighted by atomic mass is 35.5. The number of pyridine rings is 1. The molecule has 1 saturated heterocycles. The Morgan fingerprint density at radius 2 is 2.09 bits per heavy atom. The zero-order valence-corrected chi connectivity index (χ0v) is 14.3. The van der Waals surface area contributed by atoms with Gasteiger partial charge in [-0.3, -0.25) is 0 Å². The van der Waals surface area contributed by atoms with Gasteiger partial charge in [0.1, 0.15) is 10.7 Å². The Hall–Kier alpha value is -1.63. The fourth-order valence-corrected chi connectivity index (χ4v) is 4.56. The summed E-state index contributed by atoms with van der Waals surface area (Å²) in [4.78, 5) is 6.51. The summed E-state index contributed by atoms with van der Waals surface area (Å²) in [7, 11) is -3.63. The van der Waals surface area contributed by atoms with Crippen molar-refractivity contribution in [2.75, 3.05) is 18.0 Å². The molecule has 0 amide bonds. The van der Waals surface area contributed by atoms with Crippen molar-refractivity contribution in [1.29, 1.82) is 0 Å². The Morgan fingerprint density at radius 1 is 1.26 bits per heavy atom. The van der Waals surface area contributed by atoms with Gasteiger partial charge in [-0.05, 0) is 37.1 Å². The molecule has 1 aromatic heterocycles. The topological polar surface area (TPSA) is 62.3 Å². The van der Waals surface area contributed by atoms with Crippen LogP contribution in [0.15, 0.2) is 47.5 Å². The van der Waals surface area contributed by atoms with Crippen LogP contribution in [0.3, 0.4) is 0 Å². The van der Waals surface area contributed by atoms with Crippen LogP contribution in [0.25, 0.3) is 0 Å². The number of anilines is 1. The van der Waals surface area contributed by atoms with Crippen molar-refractivity contribution < 1.29 is 8.42 Å². The van der Waals surface area contributed by atoms with Gasteiger partial charge >= 0.3 is 0 Å². The summed E-state index contributed by atoms with van der Waals surface area (Å²) in [6, 6.07) is 10.6. The summed E-state index contributed by atoms with van der Waals surface area (Å²) in [5.41, 5.74) is 0.746. The summed E-state index contributed by atoms with van der Waals surface area (Å²) in [5.74, 6) is 0.864. The number of rotatable bonds is 4. The standard InChI is InChI=1S/C16H18ClN3O2S/c1-12-5-4-6-14(16(12)17)23(21,22)19-13-8-10-20(11-13)15-7-2-3-9-18-15/h2-7,9,13,19H,8,10-11H2,1H3/t13-/m0/s1. The molecule has 0 spiro atoms. The zero-order valence-electron chi connectivity index (χ0n) is 12.7. The summed E-state index contributed by atoms with van der Waals surface area (Å²) in [6.45, 7) is 3.16. The summed E-state index contributed by atoms with van der Waals surface area (Å²) < 4.78 is 27.9. The minimum Gasteiger partial charge on any atom is -0.355 e. The van der Waals surface area contributed by atoms with E-state index in [0.29, 0.717) is 6.54 Å². The average molecular weight is 352 g/mol. The molecule has 5 nitrogen and oxygen atoms in total. The third kappa shape index (κ3) is 3.49. The second-order valence-electron chi connectivity index (χ2n) is 5.63. The van der Waals surface area contributed by atoms with Crippen LogP contribution in [0.1, 0.15) is 12.0 Å². The van der Waals surface area contributed by atoms with E-state index in [1.54, 1.807) is 25.3 Å². The van der Waals surface area contributed by atoms with Gasteiger partial charge in [0.2, 0.25) is 10.0 Å². The molecule has 23 heavy (non-hydrogen) atoms. The lowest BCUT2D eigenvalue weighted by Crippen LogP contribution is -2.37. The van der Waals surface area contributed by atoms with E-state index in [2.05, 4.69) is 14.6 Å². The van der Waals surface area contributed by atoms with Crippen molar-refractivity contribution in [3.05, 3.63) is 53.2 Å². The maximum absolute atomic E-state index is 12.6. The van der Waals surface area contributed by atoms with Crippen molar-refractivity contribution in [2.45, 2.75) is 24.3 Å². The Bertz CT molecular complexity index is 796. The van der Waals surface area contributed by atoms with Crippen LogP contribution in [0.2, 0.25) is 5.02 Å². The molecule has 0 radical (unpaired) electrons. The largest absolute Gasteiger partial charge is 0.355 e. The smallest absolute Gasteiger partial charge is 0.242 e. The van der Waals surface area contributed by atoms with E-state index in [4.69, 9.17) is 11.6 Å². The fraction of sp³-hybridized carbons (Fsp3) is 0.312. The number of halogens is 1. The van der Waals surface area contributed by atoms with Gasteiger partial charge in [-0.25, -0.2) is 18.1 Å². The van der Waals surface area contributed by atoms with E-state index in [1.165, 1.54) is 6.07 Å². The molecule has 1 fully saturated rings. The zero-order chi connectivity index (χ0) is 16.4. The summed E-state index contributed by atoms with van der Waals surface area (Å²) in [5, 5.41) is 0.277. The predicted octanol–water partition coefficient (Wildman–Crippen LogP) is 2.60. The van der Waals surface area contributed by atoms with Gasteiger partial charge in [0.15, 0.2) is 0 Å². The molecule has 1 aliphatic heterocycles. The maximum atomic E-state index is 12.6. The van der Waals surface area contributed by atoms with E-state index in [1.807, 2.05) is 18.2 Å². The number of nitrogens with one attached hydrogen (secondary N) is 1. The molecule has 0 unspecified atom stereocenters. The van der Waals surface area contributed by atoms with Crippen molar-refractivity contribution in [3.63, 3.8) is 0 Å². The molecule has 3 rings (SSSR count). The molecule has 1 N–H and O–H groups in total. The quantitative estimate of drug-likeness (QED) is 0.919. The molecule has 0 bridgehead atoms. The lowest BCUT2D eigenvalue weighted by molar-refractivity contribution is 0.561. The molecule has 2 aromatic rings. The van der Waals surface area contributed by atoms with Gasteiger partial charge in [-0.1, -0.05) is 29.8 Å². The van der Waals surface area contributed by atoms with Gasteiger partial charge in [0.25, 0.3) is 0 Å². The third-order valence-corrected chi connectivity index (χ3v) is 6.11. The van der Waals surface area contributed by atoms with Gasteiger partial charge in [-0.15, -0.1) is 0 Å². The fourth-order valence-electron chi connectivity index (χ4n) is 2.72. The Kier molecular flexibility index (Phi) is 4.57. The highest BCUT2D eigenvalue weighted by molar-refractivity contribution is 7.89. The first-order valence-corrected chi connectivity index (χ1v) is 9.27. The summed E-state index contributed by atoms with van der Waals surface area (Å²) in [6.07, 6.45) is 2.47. The van der Waals surface area contributed by atoms with Crippen LogP contribution in [0.4, 0.5) is 5.82 Å². The molecular formula is C16H18ClN3O2S. The molecule has 2 heterocycles. The molecule has 122 valence electrons. The van der Waals surface area contributed by atoms with Crippen molar-refractivity contribution in [1.82, 2.24) is 9.71 Å². The summed E-state index contributed by atoms with van der Waals surface area (Å²) >= 11 is 6.15. The molecular weight excluding hydrogens is 334 g/mol. The first kappa shape index (κ1) is 16.2. The molecule has 0 saturated carbocycles. The van der Waals surface area contributed by atoms with Crippen molar-refractivity contribution in [2.24, 2.45) is 0 Å². The van der Waals surface area contributed by atoms with Crippen LogP contribution in [0, 0.1) is 6.92 Å². The molecule has 1 aliphatic rings. The van der Waals surface area contributed by atoms with E-state index >= 15 is 0 Å². The number of benzene rings is 1. The Morgan fingerprint density at radius 3 is 2.83 bits per heavy atom. The minimum absolute atomic E-state index is 0.135. The third-order valence-electron chi connectivity index (χ3n) is 3.93. The van der Waals surface area contributed by atoms with Crippen LogP contribution >= 0.6 is 11.6 Å². The van der Waals surface area contributed by atoms with Crippen LogP contribution in [-0.4, -0.2) is 32.5 Å². The number of sulfonamides is 1. The van der Waals surface area contributed by atoms with E-state index in [0.717, 1.165) is 24.3 Å². The Labute approximate surface area is 141 Å². The highest BCUT2D eigenvalue weighted by Gasteiger charge is 2.29. The van der Waals surface area contributed by atoms with Gasteiger partial charge in [0, 0.05) is 25.3 Å². The second kappa shape index (κ2) is 6.47. The van der Waals surface area contributed by atoms with E-state index < -0.39 is 10.0 Å². The van der Waals surface area contributed by atoms with Crippen molar-refractivity contribution >= 4 is 27.4 Å². The lowest BCUT2D eigenvalue weighted by Gasteiger charge is -2.18. The second-order valence-corrected chi connectivity index (χ2v) is 7.69. The van der Waals surface area contributed by atoms with Gasteiger partial charge in [0.05, 0.1) is 5.02 Å². The monoisotopic (exact) mass is 351 g/mol.